The van der Waals surface area contributed by atoms with E-state index in [-0.39, 0.29) is 5.41 Å². The number of piperidine rings is 1. The van der Waals surface area contributed by atoms with Crippen LogP contribution in [0.15, 0.2) is 18.2 Å². The van der Waals surface area contributed by atoms with Gasteiger partial charge in [0.2, 0.25) is 0 Å². The van der Waals surface area contributed by atoms with Gasteiger partial charge in [0, 0.05) is 29.7 Å². The van der Waals surface area contributed by atoms with Crippen molar-refractivity contribution in [2.24, 2.45) is 11.3 Å². The number of ketones is 1. The van der Waals surface area contributed by atoms with Gasteiger partial charge in [0.25, 0.3) is 0 Å². The molecule has 4 heteroatoms. The molecule has 1 aromatic rings. The molecule has 0 radical (unpaired) electrons. The van der Waals surface area contributed by atoms with Crippen molar-refractivity contribution in [2.75, 3.05) is 19.6 Å². The highest BCUT2D eigenvalue weighted by atomic mass is 16.5. The van der Waals surface area contributed by atoms with Crippen LogP contribution >= 0.6 is 0 Å². The lowest BCUT2D eigenvalue weighted by molar-refractivity contribution is -0.825. The molecule has 118 valence electrons. The summed E-state index contributed by atoms with van der Waals surface area (Å²) in [6.07, 6.45) is 6.80. The van der Waals surface area contributed by atoms with Crippen LogP contribution in [0.2, 0.25) is 0 Å². The van der Waals surface area contributed by atoms with Gasteiger partial charge in [0.15, 0.2) is 11.5 Å². The summed E-state index contributed by atoms with van der Waals surface area (Å²) in [6.45, 7) is 3.39. The van der Waals surface area contributed by atoms with Crippen LogP contribution in [0.5, 0.6) is 0 Å². The molecule has 1 spiro atoms. The summed E-state index contributed by atoms with van der Waals surface area (Å²) in [5.74, 6) is 1.25. The minimum atomic E-state index is -0.138. The number of likely N-dealkylation sites (tertiary alicyclic amines) is 1. The highest BCUT2D eigenvalue weighted by molar-refractivity contribution is 6.03. The first-order valence-corrected chi connectivity index (χ1v) is 8.58. The van der Waals surface area contributed by atoms with Gasteiger partial charge in [0.1, 0.15) is 0 Å². The van der Waals surface area contributed by atoms with E-state index in [4.69, 9.17) is 0 Å². The molecule has 0 aromatic heterocycles. The van der Waals surface area contributed by atoms with E-state index in [0.29, 0.717) is 5.78 Å². The predicted molar refractivity (Wildman–Crippen MR) is 83.3 cm³/mol. The molecule has 1 saturated heterocycles. The second kappa shape index (κ2) is 5.44. The molecule has 1 heterocycles. The van der Waals surface area contributed by atoms with Gasteiger partial charge in [0.05, 0.1) is 0 Å². The summed E-state index contributed by atoms with van der Waals surface area (Å²) >= 11 is 0. The number of benzene rings is 1. The molecule has 0 atom stereocenters. The van der Waals surface area contributed by atoms with E-state index in [1.807, 2.05) is 18.2 Å². The third kappa shape index (κ3) is 2.49. The number of carbonyl (C=O) groups is 1. The van der Waals surface area contributed by atoms with Crippen LogP contribution in [0.3, 0.4) is 0 Å². The van der Waals surface area contributed by atoms with E-state index in [2.05, 4.69) is 4.90 Å². The normalized spacial score (nSPS) is 24.5. The Morgan fingerprint density at radius 1 is 1.23 bits per heavy atom. The molecule has 4 nitrogen and oxygen atoms in total. The van der Waals surface area contributed by atoms with Gasteiger partial charge >= 0.3 is 0 Å². The average molecular weight is 301 g/mol. The summed E-state index contributed by atoms with van der Waals surface area (Å²) in [5, 5.41) is 9.21. The molecule has 0 bridgehead atoms. The van der Waals surface area contributed by atoms with Crippen molar-refractivity contribution in [1.29, 1.82) is 0 Å². The highest BCUT2D eigenvalue weighted by Gasteiger charge is 2.45. The fourth-order valence-corrected chi connectivity index (χ4v) is 4.18. The lowest BCUT2D eigenvalue weighted by atomic mass is 9.65. The van der Waals surface area contributed by atoms with Crippen molar-refractivity contribution in [3.63, 3.8) is 0 Å². The summed E-state index contributed by atoms with van der Waals surface area (Å²) < 4.78 is 0. The average Bonchev–Trinajstić information content (AvgIpc) is 3.37. The molecule has 1 saturated carbocycles. The SMILES string of the molecule is O=C1c2cc([NH2+]O)ccc2CCC12CCN(CC1CC1)CC2. The van der Waals surface area contributed by atoms with Crippen molar-refractivity contribution >= 4 is 11.5 Å². The largest absolute Gasteiger partial charge is 0.303 e. The minimum absolute atomic E-state index is 0.138. The third-order valence-electron chi connectivity index (χ3n) is 5.91. The Bertz CT molecular complexity index is 587. The maximum absolute atomic E-state index is 13.1. The number of hydrogen-bond acceptors (Lipinski definition) is 3. The van der Waals surface area contributed by atoms with Crippen LogP contribution in [0.1, 0.15) is 48.0 Å². The Hall–Kier alpha value is -1.23. The molecule has 3 N–H and O–H groups in total. The van der Waals surface area contributed by atoms with Gasteiger partial charge in [-0.15, -0.1) is 0 Å². The topological polar surface area (TPSA) is 57.1 Å². The van der Waals surface area contributed by atoms with Crippen LogP contribution < -0.4 is 5.48 Å². The Morgan fingerprint density at radius 2 is 2.00 bits per heavy atom. The molecule has 3 aliphatic rings. The zero-order valence-corrected chi connectivity index (χ0v) is 13.1. The molecule has 4 rings (SSSR count). The number of fused-ring (bicyclic) bond motifs is 1. The molecule has 22 heavy (non-hydrogen) atoms. The highest BCUT2D eigenvalue weighted by Crippen LogP contribution is 2.44. The third-order valence-corrected chi connectivity index (χ3v) is 5.91. The van der Waals surface area contributed by atoms with E-state index >= 15 is 0 Å². The maximum Gasteiger partial charge on any atom is 0.169 e. The molecule has 1 aliphatic heterocycles. The Balaban J connectivity index is 1.52. The number of Topliss-reactive ketones (excluding diaryl/α,β-unsaturated/α-hetero) is 1. The number of nitrogens with zero attached hydrogens (tertiary/aromatic N) is 1. The molecule has 1 aromatic carbocycles. The van der Waals surface area contributed by atoms with Crippen molar-refractivity contribution in [1.82, 2.24) is 4.90 Å². The fourth-order valence-electron chi connectivity index (χ4n) is 4.18. The summed E-state index contributed by atoms with van der Waals surface area (Å²) in [7, 11) is 0. The quantitative estimate of drug-likeness (QED) is 0.662. The van der Waals surface area contributed by atoms with E-state index < -0.39 is 0 Å². The van der Waals surface area contributed by atoms with Gasteiger partial charge in [-0.3, -0.25) is 4.79 Å². The van der Waals surface area contributed by atoms with Crippen LogP contribution in [0.4, 0.5) is 5.69 Å². The fraction of sp³-hybridized carbons (Fsp3) is 0.611. The second-order valence-corrected chi connectivity index (χ2v) is 7.40. The van der Waals surface area contributed by atoms with Gasteiger partial charge in [-0.05, 0) is 63.1 Å². The van der Waals surface area contributed by atoms with E-state index in [1.54, 1.807) is 0 Å². The number of nitrogens with two attached hydrogens (primary N) is 1. The van der Waals surface area contributed by atoms with Crippen molar-refractivity contribution in [3.05, 3.63) is 29.3 Å². The Morgan fingerprint density at radius 3 is 2.68 bits per heavy atom. The lowest BCUT2D eigenvalue weighted by Crippen LogP contribution is -2.73. The van der Waals surface area contributed by atoms with E-state index in [9.17, 15) is 10.0 Å². The van der Waals surface area contributed by atoms with Gasteiger partial charge < -0.3 is 4.90 Å². The van der Waals surface area contributed by atoms with Crippen LogP contribution in [-0.2, 0) is 6.42 Å². The van der Waals surface area contributed by atoms with Crippen LogP contribution in [0.25, 0.3) is 0 Å². The van der Waals surface area contributed by atoms with Crippen LogP contribution in [0, 0.1) is 11.3 Å². The predicted octanol–water partition coefficient (Wildman–Crippen LogP) is 1.89. The smallest absolute Gasteiger partial charge is 0.169 e. The Kier molecular flexibility index (Phi) is 3.56. The second-order valence-electron chi connectivity index (χ2n) is 7.40. The summed E-state index contributed by atoms with van der Waals surface area (Å²) in [6, 6.07) is 5.77. The van der Waals surface area contributed by atoms with Gasteiger partial charge in [-0.2, -0.15) is 5.48 Å². The summed E-state index contributed by atoms with van der Waals surface area (Å²) in [4.78, 5) is 15.6. The van der Waals surface area contributed by atoms with E-state index in [1.165, 1.54) is 19.4 Å². The molecule has 0 unspecified atom stereocenters. The minimum Gasteiger partial charge on any atom is -0.303 e. The number of aryl methyl sites for hydroxylation is 1. The van der Waals surface area contributed by atoms with Gasteiger partial charge in [-0.25, -0.2) is 5.21 Å². The number of quaternary nitrogens is 1. The standard InChI is InChI=1S/C18H24N2O2/c21-17-16-11-15(19-22)4-3-14(16)5-6-18(17)7-9-20(10-8-18)12-13-1-2-13/h3-4,11,13,19,22H,1-2,5-10,12H2/p+1. The number of carbonyl (C=O) groups excluding carboxylic acids is 1. The number of hydrogen-bond donors (Lipinski definition) is 2. The van der Waals surface area contributed by atoms with Crippen molar-refractivity contribution in [3.8, 4) is 0 Å². The van der Waals surface area contributed by atoms with E-state index in [0.717, 1.165) is 67.0 Å². The lowest BCUT2D eigenvalue weighted by Gasteiger charge is -2.43. The number of rotatable bonds is 3. The molecular weight excluding hydrogens is 276 g/mol. The molecule has 2 aliphatic carbocycles. The molecular formula is C18H25N2O2+. The monoisotopic (exact) mass is 301 g/mol. The van der Waals surface area contributed by atoms with Crippen molar-refractivity contribution < 1.29 is 15.5 Å². The molecule has 2 fully saturated rings. The summed E-state index contributed by atoms with van der Waals surface area (Å²) in [5.41, 5.74) is 3.69. The van der Waals surface area contributed by atoms with Crippen molar-refractivity contribution in [2.45, 2.75) is 38.5 Å². The first kappa shape index (κ1) is 14.4. The zero-order valence-electron chi connectivity index (χ0n) is 13.1. The first-order chi connectivity index (χ1) is 10.7. The maximum atomic E-state index is 13.1. The molecule has 0 amide bonds. The van der Waals surface area contributed by atoms with Crippen LogP contribution in [-0.4, -0.2) is 35.5 Å². The zero-order chi connectivity index (χ0) is 15.2. The Labute approximate surface area is 131 Å². The first-order valence-electron chi connectivity index (χ1n) is 8.58. The van der Waals surface area contributed by atoms with Gasteiger partial charge in [-0.1, -0.05) is 6.07 Å².